The van der Waals surface area contributed by atoms with Gasteiger partial charge in [-0.05, 0) is 23.8 Å². The average Bonchev–Trinajstić information content (AvgIpc) is 2.74. The first-order valence-corrected chi connectivity index (χ1v) is 9.63. The van der Waals surface area contributed by atoms with Crippen LogP contribution in [-0.2, 0) is 13.2 Å². The predicted molar refractivity (Wildman–Crippen MR) is 112 cm³/mol. The van der Waals surface area contributed by atoms with Gasteiger partial charge in [-0.2, -0.15) is 0 Å². The van der Waals surface area contributed by atoms with E-state index in [0.29, 0.717) is 35.2 Å². The molecular formula is C23H23ClFNO3. The maximum absolute atomic E-state index is 14.1. The maximum atomic E-state index is 14.1. The SMILES string of the molecule is COc1cccc(CNC[C@H](O)c2ccccc2)c1OCc1c(F)cccc1Cl. The fourth-order valence-corrected chi connectivity index (χ4v) is 3.19. The Morgan fingerprint density at radius 1 is 1.03 bits per heavy atom. The van der Waals surface area contributed by atoms with Crippen molar-refractivity contribution in [2.24, 2.45) is 0 Å². The minimum Gasteiger partial charge on any atom is -0.493 e. The minimum absolute atomic E-state index is 0.0223. The van der Waals surface area contributed by atoms with E-state index in [4.69, 9.17) is 21.1 Å². The van der Waals surface area contributed by atoms with Gasteiger partial charge in [0.1, 0.15) is 12.4 Å². The van der Waals surface area contributed by atoms with E-state index in [1.54, 1.807) is 25.3 Å². The number of hydrogen-bond acceptors (Lipinski definition) is 4. The van der Waals surface area contributed by atoms with Gasteiger partial charge < -0.3 is 19.9 Å². The van der Waals surface area contributed by atoms with Crippen LogP contribution in [0, 0.1) is 5.82 Å². The van der Waals surface area contributed by atoms with E-state index in [2.05, 4.69) is 5.32 Å². The van der Waals surface area contributed by atoms with Gasteiger partial charge >= 0.3 is 0 Å². The lowest BCUT2D eigenvalue weighted by Crippen LogP contribution is -2.21. The summed E-state index contributed by atoms with van der Waals surface area (Å²) in [5.74, 6) is 0.634. The van der Waals surface area contributed by atoms with Crippen LogP contribution in [0.5, 0.6) is 11.5 Å². The Balaban J connectivity index is 1.69. The Morgan fingerprint density at radius 2 is 1.79 bits per heavy atom. The first kappa shape index (κ1) is 21.1. The Labute approximate surface area is 174 Å². The summed E-state index contributed by atoms with van der Waals surface area (Å²) in [7, 11) is 1.55. The Kier molecular flexibility index (Phi) is 7.47. The number of halogens is 2. The number of para-hydroxylation sites is 1. The average molecular weight is 416 g/mol. The number of benzene rings is 3. The lowest BCUT2D eigenvalue weighted by atomic mass is 10.1. The summed E-state index contributed by atoms with van der Waals surface area (Å²) in [5, 5.41) is 13.8. The number of methoxy groups -OCH3 is 1. The highest BCUT2D eigenvalue weighted by Gasteiger charge is 2.14. The topological polar surface area (TPSA) is 50.7 Å². The van der Waals surface area contributed by atoms with Crippen LogP contribution in [0.2, 0.25) is 5.02 Å². The van der Waals surface area contributed by atoms with Crippen LogP contribution in [0.1, 0.15) is 22.8 Å². The molecule has 0 spiro atoms. The summed E-state index contributed by atoms with van der Waals surface area (Å²) >= 11 is 6.09. The molecule has 1 atom stereocenters. The highest BCUT2D eigenvalue weighted by atomic mass is 35.5. The van der Waals surface area contributed by atoms with Gasteiger partial charge in [0.25, 0.3) is 0 Å². The Morgan fingerprint density at radius 3 is 2.52 bits per heavy atom. The van der Waals surface area contributed by atoms with Crippen LogP contribution in [0.4, 0.5) is 4.39 Å². The van der Waals surface area contributed by atoms with E-state index in [1.807, 2.05) is 42.5 Å². The van der Waals surface area contributed by atoms with Crippen LogP contribution in [0.15, 0.2) is 66.7 Å². The van der Waals surface area contributed by atoms with Gasteiger partial charge in [0.2, 0.25) is 0 Å². The van der Waals surface area contributed by atoms with E-state index < -0.39 is 11.9 Å². The molecule has 152 valence electrons. The van der Waals surface area contributed by atoms with Crippen molar-refractivity contribution < 1.29 is 19.0 Å². The number of nitrogens with one attached hydrogen (secondary N) is 1. The molecule has 3 rings (SSSR count). The third-order valence-electron chi connectivity index (χ3n) is 4.54. The standard InChI is InChI=1S/C23H23ClFNO3/c1-28-22-12-5-9-17(13-26-14-21(27)16-7-3-2-4-8-16)23(22)29-15-18-19(24)10-6-11-20(18)25/h2-12,21,26-27H,13-15H2,1H3/t21-/m0/s1. The molecule has 2 N–H and O–H groups in total. The van der Waals surface area contributed by atoms with Crippen LogP contribution < -0.4 is 14.8 Å². The van der Waals surface area contributed by atoms with Crippen molar-refractivity contribution in [1.82, 2.24) is 5.32 Å². The lowest BCUT2D eigenvalue weighted by Gasteiger charge is -2.17. The zero-order valence-corrected chi connectivity index (χ0v) is 16.8. The summed E-state index contributed by atoms with van der Waals surface area (Å²) in [6, 6.07) is 19.5. The quantitative estimate of drug-likeness (QED) is 0.522. The third kappa shape index (κ3) is 5.48. The first-order valence-electron chi connectivity index (χ1n) is 9.25. The number of hydrogen-bond donors (Lipinski definition) is 2. The highest BCUT2D eigenvalue weighted by Crippen LogP contribution is 2.33. The number of rotatable bonds is 9. The Bertz CT molecular complexity index is 916. The van der Waals surface area contributed by atoms with E-state index in [0.717, 1.165) is 11.1 Å². The van der Waals surface area contributed by atoms with Crippen molar-refractivity contribution in [1.29, 1.82) is 0 Å². The fraction of sp³-hybridized carbons (Fsp3) is 0.217. The summed E-state index contributed by atoms with van der Waals surface area (Å²) < 4.78 is 25.4. The molecule has 0 heterocycles. The van der Waals surface area contributed by atoms with E-state index >= 15 is 0 Å². The zero-order chi connectivity index (χ0) is 20.6. The van der Waals surface area contributed by atoms with Gasteiger partial charge in [-0.25, -0.2) is 4.39 Å². The predicted octanol–water partition coefficient (Wildman–Crippen LogP) is 4.89. The summed E-state index contributed by atoms with van der Waals surface area (Å²) in [6.45, 7) is 0.798. The van der Waals surface area contributed by atoms with Crippen molar-refractivity contribution in [3.63, 3.8) is 0 Å². The molecule has 0 bridgehead atoms. The molecule has 0 aliphatic heterocycles. The van der Waals surface area contributed by atoms with Crippen LogP contribution in [-0.4, -0.2) is 18.8 Å². The number of aliphatic hydroxyl groups is 1. The van der Waals surface area contributed by atoms with Crippen molar-refractivity contribution in [2.75, 3.05) is 13.7 Å². The molecule has 0 saturated carbocycles. The second-order valence-electron chi connectivity index (χ2n) is 6.49. The highest BCUT2D eigenvalue weighted by molar-refractivity contribution is 6.31. The molecule has 0 aliphatic rings. The maximum Gasteiger partial charge on any atom is 0.166 e. The lowest BCUT2D eigenvalue weighted by molar-refractivity contribution is 0.174. The third-order valence-corrected chi connectivity index (χ3v) is 4.89. The molecule has 0 saturated heterocycles. The van der Waals surface area contributed by atoms with Gasteiger partial charge in [-0.15, -0.1) is 0 Å². The molecule has 29 heavy (non-hydrogen) atoms. The molecule has 0 fully saturated rings. The van der Waals surface area contributed by atoms with Gasteiger partial charge in [-0.3, -0.25) is 0 Å². The fourth-order valence-electron chi connectivity index (χ4n) is 2.98. The molecule has 3 aromatic rings. The molecule has 0 aliphatic carbocycles. The first-order chi connectivity index (χ1) is 14.1. The van der Waals surface area contributed by atoms with Crippen LogP contribution in [0.3, 0.4) is 0 Å². The molecule has 0 amide bonds. The number of aliphatic hydroxyl groups excluding tert-OH is 1. The molecule has 0 radical (unpaired) electrons. The van der Waals surface area contributed by atoms with E-state index in [1.165, 1.54) is 6.07 Å². The molecule has 3 aromatic carbocycles. The van der Waals surface area contributed by atoms with Crippen molar-refractivity contribution in [3.8, 4) is 11.5 Å². The van der Waals surface area contributed by atoms with Crippen LogP contribution >= 0.6 is 11.6 Å². The van der Waals surface area contributed by atoms with Crippen molar-refractivity contribution in [2.45, 2.75) is 19.3 Å². The van der Waals surface area contributed by atoms with Gasteiger partial charge in [0, 0.05) is 24.2 Å². The van der Waals surface area contributed by atoms with Gasteiger partial charge in [0.05, 0.1) is 18.2 Å². The van der Waals surface area contributed by atoms with Gasteiger partial charge in [-0.1, -0.05) is 60.1 Å². The van der Waals surface area contributed by atoms with E-state index in [-0.39, 0.29) is 6.61 Å². The summed E-state index contributed by atoms with van der Waals surface area (Å²) in [5.41, 5.74) is 1.96. The Hall–Kier alpha value is -2.60. The molecule has 4 nitrogen and oxygen atoms in total. The van der Waals surface area contributed by atoms with Crippen molar-refractivity contribution >= 4 is 11.6 Å². The monoisotopic (exact) mass is 415 g/mol. The molecule has 6 heteroatoms. The largest absolute Gasteiger partial charge is 0.493 e. The molecule has 0 aromatic heterocycles. The van der Waals surface area contributed by atoms with Gasteiger partial charge in [0.15, 0.2) is 11.5 Å². The summed E-state index contributed by atoms with van der Waals surface area (Å²) in [4.78, 5) is 0. The summed E-state index contributed by atoms with van der Waals surface area (Å²) in [6.07, 6.45) is -0.622. The van der Waals surface area contributed by atoms with Crippen molar-refractivity contribution in [3.05, 3.63) is 94.3 Å². The zero-order valence-electron chi connectivity index (χ0n) is 16.1. The molecular weight excluding hydrogens is 393 g/mol. The smallest absolute Gasteiger partial charge is 0.166 e. The molecule has 0 unspecified atom stereocenters. The normalized spacial score (nSPS) is 11.9. The number of ether oxygens (including phenoxy) is 2. The minimum atomic E-state index is -0.622. The second-order valence-corrected chi connectivity index (χ2v) is 6.90. The van der Waals surface area contributed by atoms with Crippen LogP contribution in [0.25, 0.3) is 0 Å². The second kappa shape index (κ2) is 10.3. The van der Waals surface area contributed by atoms with E-state index in [9.17, 15) is 9.50 Å².